The number of nitrogens with zero attached hydrogens (tertiary/aromatic N) is 2. The first-order chi connectivity index (χ1) is 17.0. The highest BCUT2D eigenvalue weighted by Crippen LogP contribution is 2.38. The van der Waals surface area contributed by atoms with Crippen molar-refractivity contribution in [3.05, 3.63) is 52.9 Å². The van der Waals surface area contributed by atoms with Gasteiger partial charge in [0, 0.05) is 28.6 Å². The van der Waals surface area contributed by atoms with E-state index in [4.69, 9.17) is 16.3 Å². The number of nitriles is 1. The molecule has 1 atom stereocenters. The minimum absolute atomic E-state index is 0.0664. The van der Waals surface area contributed by atoms with Gasteiger partial charge < -0.3 is 10.1 Å². The van der Waals surface area contributed by atoms with Crippen LogP contribution in [0.25, 0.3) is 10.9 Å². The van der Waals surface area contributed by atoms with Gasteiger partial charge in [-0.1, -0.05) is 11.6 Å². The number of fused-ring (bicyclic) bond motifs is 1. The molecule has 1 unspecified atom stereocenters. The Balaban J connectivity index is 1.76. The standard InChI is InChI=1S/C22H20ClFN4O5S3/c1-2-33-21-9-19-16(8-20(21)28-35(29,30)12-15-5-6-36(31,32)34-15)22(13(10-25)11-26-19)27-14-3-4-18(24)17(23)7-14/h3-4,7-9,11,15,28H,2,5-6,12H2,1H3,(H,26,27). The second-order valence-corrected chi connectivity index (χ2v) is 14.5. The first-order valence-electron chi connectivity index (χ1n) is 10.6. The molecule has 14 heteroatoms. The van der Waals surface area contributed by atoms with Gasteiger partial charge in [0.05, 0.1) is 45.6 Å². The molecule has 1 aliphatic heterocycles. The summed E-state index contributed by atoms with van der Waals surface area (Å²) in [6.07, 6.45) is 1.60. The van der Waals surface area contributed by atoms with E-state index in [-0.39, 0.29) is 40.8 Å². The molecule has 0 radical (unpaired) electrons. The molecule has 0 aliphatic carbocycles. The zero-order valence-electron chi connectivity index (χ0n) is 18.8. The van der Waals surface area contributed by atoms with Gasteiger partial charge in [0.15, 0.2) is 0 Å². The fourth-order valence-electron chi connectivity index (χ4n) is 3.66. The number of pyridine rings is 1. The maximum absolute atomic E-state index is 13.6. The summed E-state index contributed by atoms with van der Waals surface area (Å²) in [5.74, 6) is -0.846. The highest BCUT2D eigenvalue weighted by Gasteiger charge is 2.33. The summed E-state index contributed by atoms with van der Waals surface area (Å²) in [4.78, 5) is 4.29. The number of halogens is 2. The summed E-state index contributed by atoms with van der Waals surface area (Å²) in [6, 6.07) is 9.03. The van der Waals surface area contributed by atoms with Crippen LogP contribution in [-0.2, 0) is 18.9 Å². The molecular formula is C22H20ClFN4O5S3. The number of aromatic nitrogens is 1. The lowest BCUT2D eigenvalue weighted by Gasteiger charge is -2.17. The van der Waals surface area contributed by atoms with Gasteiger partial charge in [-0.25, -0.2) is 21.2 Å². The van der Waals surface area contributed by atoms with E-state index < -0.39 is 35.7 Å². The van der Waals surface area contributed by atoms with Gasteiger partial charge in [-0.2, -0.15) is 5.26 Å². The zero-order chi connectivity index (χ0) is 26.1. The van der Waals surface area contributed by atoms with Crippen LogP contribution in [0.5, 0.6) is 5.75 Å². The lowest BCUT2D eigenvalue weighted by atomic mass is 10.1. The molecule has 2 heterocycles. The van der Waals surface area contributed by atoms with Gasteiger partial charge in [0.1, 0.15) is 17.6 Å². The summed E-state index contributed by atoms with van der Waals surface area (Å²) in [7, 11) is -6.61. The highest BCUT2D eigenvalue weighted by molar-refractivity contribution is 8.72. The molecule has 1 fully saturated rings. The Morgan fingerprint density at radius 1 is 1.33 bits per heavy atom. The third kappa shape index (κ3) is 5.95. The van der Waals surface area contributed by atoms with Crippen LogP contribution in [0.1, 0.15) is 18.9 Å². The third-order valence-electron chi connectivity index (χ3n) is 5.22. The Hall–Kier alpha value is -2.79. The van der Waals surface area contributed by atoms with Crippen molar-refractivity contribution in [3.8, 4) is 11.8 Å². The van der Waals surface area contributed by atoms with E-state index in [0.29, 0.717) is 33.1 Å². The molecule has 2 aromatic carbocycles. The molecule has 1 aromatic heterocycles. The molecule has 190 valence electrons. The van der Waals surface area contributed by atoms with Crippen LogP contribution in [0.2, 0.25) is 5.02 Å². The van der Waals surface area contributed by atoms with Crippen molar-refractivity contribution >= 4 is 69.3 Å². The summed E-state index contributed by atoms with van der Waals surface area (Å²) >= 11 is 5.89. The van der Waals surface area contributed by atoms with E-state index in [1.54, 1.807) is 6.92 Å². The number of benzene rings is 2. The lowest BCUT2D eigenvalue weighted by molar-refractivity contribution is 0.342. The van der Waals surface area contributed by atoms with Crippen LogP contribution in [0.15, 0.2) is 36.5 Å². The normalized spacial score (nSPS) is 17.0. The molecule has 36 heavy (non-hydrogen) atoms. The fraction of sp³-hybridized carbons (Fsp3) is 0.273. The number of ether oxygens (including phenoxy) is 1. The van der Waals surface area contributed by atoms with Crippen LogP contribution < -0.4 is 14.8 Å². The lowest BCUT2D eigenvalue weighted by Crippen LogP contribution is -2.23. The van der Waals surface area contributed by atoms with Gasteiger partial charge in [0.25, 0.3) is 0 Å². The largest absolute Gasteiger partial charge is 0.492 e. The molecule has 4 rings (SSSR count). The molecule has 3 aromatic rings. The van der Waals surface area contributed by atoms with Gasteiger partial charge in [-0.15, -0.1) is 0 Å². The van der Waals surface area contributed by atoms with Crippen molar-refractivity contribution < 1.29 is 26.0 Å². The van der Waals surface area contributed by atoms with Crippen LogP contribution in [0.3, 0.4) is 0 Å². The molecule has 0 spiro atoms. The first-order valence-corrected chi connectivity index (χ1v) is 15.7. The number of hydrogen-bond acceptors (Lipinski definition) is 9. The smallest absolute Gasteiger partial charge is 0.233 e. The average molecular weight is 571 g/mol. The highest BCUT2D eigenvalue weighted by atomic mass is 35.5. The first kappa shape index (κ1) is 26.3. The summed E-state index contributed by atoms with van der Waals surface area (Å²) in [5.41, 5.74) is 1.39. The Kier molecular flexibility index (Phi) is 7.51. The number of rotatable bonds is 8. The quantitative estimate of drug-likeness (QED) is 0.371. The van der Waals surface area contributed by atoms with Gasteiger partial charge in [-0.05, 0) is 48.4 Å². The minimum Gasteiger partial charge on any atom is -0.492 e. The Labute approximate surface area is 216 Å². The summed E-state index contributed by atoms with van der Waals surface area (Å²) in [6.45, 7) is 1.98. The van der Waals surface area contributed by atoms with Crippen molar-refractivity contribution in [1.82, 2.24) is 4.98 Å². The zero-order valence-corrected chi connectivity index (χ0v) is 22.0. The maximum atomic E-state index is 13.6. The fourth-order valence-corrected chi connectivity index (χ4v) is 9.89. The monoisotopic (exact) mass is 570 g/mol. The van der Waals surface area contributed by atoms with Crippen LogP contribution >= 0.6 is 22.4 Å². The third-order valence-corrected chi connectivity index (χ3v) is 11.0. The Morgan fingerprint density at radius 3 is 2.75 bits per heavy atom. The second kappa shape index (κ2) is 10.3. The molecule has 0 bridgehead atoms. The second-order valence-electron chi connectivity index (χ2n) is 7.86. The van der Waals surface area contributed by atoms with Crippen molar-refractivity contribution in [1.29, 1.82) is 5.26 Å². The van der Waals surface area contributed by atoms with Gasteiger partial charge >= 0.3 is 0 Å². The van der Waals surface area contributed by atoms with Crippen LogP contribution in [-0.4, -0.2) is 45.2 Å². The topological polar surface area (TPSA) is 138 Å². The molecule has 1 saturated heterocycles. The van der Waals surface area contributed by atoms with Crippen molar-refractivity contribution in [3.63, 3.8) is 0 Å². The molecular weight excluding hydrogens is 551 g/mol. The van der Waals surface area contributed by atoms with E-state index in [1.165, 1.54) is 36.5 Å². The van der Waals surface area contributed by atoms with E-state index >= 15 is 0 Å². The average Bonchev–Trinajstić information content (AvgIpc) is 3.14. The van der Waals surface area contributed by atoms with Crippen molar-refractivity contribution in [2.75, 3.05) is 28.2 Å². The molecule has 2 N–H and O–H groups in total. The number of anilines is 3. The van der Waals surface area contributed by atoms with Gasteiger partial charge in [0.2, 0.25) is 18.9 Å². The Morgan fingerprint density at radius 2 is 2.11 bits per heavy atom. The van der Waals surface area contributed by atoms with Crippen molar-refractivity contribution in [2.24, 2.45) is 0 Å². The maximum Gasteiger partial charge on any atom is 0.233 e. The molecule has 0 saturated carbocycles. The van der Waals surface area contributed by atoms with E-state index in [1.807, 2.05) is 6.07 Å². The molecule has 1 aliphatic rings. The van der Waals surface area contributed by atoms with E-state index in [9.17, 15) is 26.5 Å². The summed E-state index contributed by atoms with van der Waals surface area (Å²) < 4.78 is 71.0. The molecule has 0 amide bonds. The van der Waals surface area contributed by atoms with Crippen LogP contribution in [0, 0.1) is 17.1 Å². The minimum atomic E-state index is -3.96. The van der Waals surface area contributed by atoms with Gasteiger partial charge in [-0.3, -0.25) is 9.71 Å². The number of hydrogen-bond donors (Lipinski definition) is 2. The van der Waals surface area contributed by atoms with E-state index in [2.05, 4.69) is 15.0 Å². The number of sulfonamides is 1. The van der Waals surface area contributed by atoms with E-state index in [0.717, 1.165) is 0 Å². The predicted molar refractivity (Wildman–Crippen MR) is 140 cm³/mol. The van der Waals surface area contributed by atoms with Crippen LogP contribution in [0.4, 0.5) is 21.5 Å². The molecule has 9 nitrogen and oxygen atoms in total. The van der Waals surface area contributed by atoms with Crippen molar-refractivity contribution in [2.45, 2.75) is 18.6 Å². The predicted octanol–water partition coefficient (Wildman–Crippen LogP) is 4.62. The SMILES string of the molecule is CCOc1cc2ncc(C#N)c(Nc3ccc(F)c(Cl)c3)c2cc1NS(=O)(=O)CC1CCS(=O)(=O)S1. The summed E-state index contributed by atoms with van der Waals surface area (Å²) in [5, 5.41) is 12.4. The number of nitrogens with one attached hydrogen (secondary N) is 2. The Bertz CT molecular complexity index is 1590.